The first kappa shape index (κ1) is 9.96. The quantitative estimate of drug-likeness (QED) is 0.713. The van der Waals surface area contributed by atoms with E-state index in [0.717, 1.165) is 17.8 Å². The molecule has 1 aromatic heterocycles. The van der Waals surface area contributed by atoms with Gasteiger partial charge in [-0.05, 0) is 19.3 Å². The minimum atomic E-state index is 0.574. The lowest BCUT2D eigenvalue weighted by Gasteiger charge is -2.08. The van der Waals surface area contributed by atoms with Crippen LogP contribution < -0.4 is 4.74 Å². The topological polar surface area (TPSA) is 35.0 Å². The Kier molecular flexibility index (Phi) is 3.23. The Morgan fingerprint density at radius 1 is 1.46 bits per heavy atom. The third-order valence-electron chi connectivity index (χ3n) is 1.72. The van der Waals surface area contributed by atoms with Gasteiger partial charge in [-0.2, -0.15) is 0 Å². The first-order valence-electron chi connectivity index (χ1n) is 4.50. The molecule has 0 aliphatic rings. The van der Waals surface area contributed by atoms with E-state index in [9.17, 15) is 0 Å². The van der Waals surface area contributed by atoms with Crippen LogP contribution in [0.4, 0.5) is 0 Å². The van der Waals surface area contributed by atoms with E-state index in [2.05, 4.69) is 23.8 Å². The normalized spacial score (nSPS) is 10.5. The summed E-state index contributed by atoms with van der Waals surface area (Å²) in [5, 5.41) is 0. The second-order valence-electron chi connectivity index (χ2n) is 3.57. The molecule has 3 nitrogen and oxygen atoms in total. The predicted molar refractivity (Wildman–Crippen MR) is 51.9 cm³/mol. The number of nitrogens with zero attached hydrogens (tertiary/aromatic N) is 2. The van der Waals surface area contributed by atoms with E-state index < -0.39 is 0 Å². The molecule has 3 heteroatoms. The van der Waals surface area contributed by atoms with E-state index in [-0.39, 0.29) is 0 Å². The molecule has 0 saturated carbocycles. The summed E-state index contributed by atoms with van der Waals surface area (Å²) in [5.41, 5.74) is 1.90. The molecule has 0 aliphatic carbocycles. The second kappa shape index (κ2) is 4.21. The van der Waals surface area contributed by atoms with Crippen molar-refractivity contribution in [2.45, 2.75) is 27.2 Å². The van der Waals surface area contributed by atoms with E-state index in [1.165, 1.54) is 0 Å². The van der Waals surface area contributed by atoms with Crippen molar-refractivity contribution in [3.63, 3.8) is 0 Å². The summed E-state index contributed by atoms with van der Waals surface area (Å²) < 4.78 is 5.13. The largest absolute Gasteiger partial charge is 0.480 e. The van der Waals surface area contributed by atoms with Crippen molar-refractivity contribution in [3.05, 3.63) is 17.6 Å². The molecule has 0 aliphatic heterocycles. The first-order chi connectivity index (χ1) is 6.13. The molecule has 1 rings (SSSR count). The maximum atomic E-state index is 5.13. The van der Waals surface area contributed by atoms with Gasteiger partial charge in [0.2, 0.25) is 5.88 Å². The van der Waals surface area contributed by atoms with Crippen molar-refractivity contribution in [2.24, 2.45) is 5.92 Å². The molecular weight excluding hydrogens is 164 g/mol. The van der Waals surface area contributed by atoms with Gasteiger partial charge in [0.05, 0.1) is 19.0 Å². The average Bonchev–Trinajstić information content (AvgIpc) is 2.03. The van der Waals surface area contributed by atoms with Crippen LogP contribution in [0.2, 0.25) is 0 Å². The number of aromatic nitrogens is 2. The molecule has 0 N–H and O–H groups in total. The van der Waals surface area contributed by atoms with Crippen LogP contribution in [0.3, 0.4) is 0 Å². The van der Waals surface area contributed by atoms with E-state index in [4.69, 9.17) is 4.74 Å². The van der Waals surface area contributed by atoms with E-state index in [1.807, 2.05) is 6.92 Å². The van der Waals surface area contributed by atoms with Crippen LogP contribution >= 0.6 is 0 Å². The van der Waals surface area contributed by atoms with E-state index in [0.29, 0.717) is 11.8 Å². The minimum Gasteiger partial charge on any atom is -0.480 e. The Hall–Kier alpha value is -1.12. The number of ether oxygens (including phenoxy) is 1. The van der Waals surface area contributed by atoms with Gasteiger partial charge in [0.15, 0.2) is 0 Å². The zero-order valence-corrected chi connectivity index (χ0v) is 8.66. The van der Waals surface area contributed by atoms with Crippen LogP contribution in [0.5, 0.6) is 5.88 Å². The monoisotopic (exact) mass is 180 g/mol. The zero-order valence-electron chi connectivity index (χ0n) is 8.66. The zero-order chi connectivity index (χ0) is 9.84. The molecule has 0 saturated heterocycles. The standard InChI is InChI=1S/C10H16N2O/c1-7(2)5-9-10(13-4)11-6-8(3)12-9/h6-7H,5H2,1-4H3. The number of hydrogen-bond donors (Lipinski definition) is 0. The molecule has 0 unspecified atom stereocenters. The summed E-state index contributed by atoms with van der Waals surface area (Å²) in [6.07, 6.45) is 2.64. The summed E-state index contributed by atoms with van der Waals surface area (Å²) in [5.74, 6) is 1.23. The SMILES string of the molecule is COc1ncc(C)nc1CC(C)C. The smallest absolute Gasteiger partial charge is 0.235 e. The number of methoxy groups -OCH3 is 1. The summed E-state index contributed by atoms with van der Waals surface area (Å²) in [4.78, 5) is 8.56. The van der Waals surface area contributed by atoms with Gasteiger partial charge in [-0.25, -0.2) is 4.98 Å². The first-order valence-corrected chi connectivity index (χ1v) is 4.50. The Morgan fingerprint density at radius 3 is 2.69 bits per heavy atom. The van der Waals surface area contributed by atoms with E-state index in [1.54, 1.807) is 13.3 Å². The summed E-state index contributed by atoms with van der Waals surface area (Å²) in [6, 6.07) is 0. The predicted octanol–water partition coefficient (Wildman–Crippen LogP) is 1.99. The Labute approximate surface area is 79.2 Å². The Morgan fingerprint density at radius 2 is 2.15 bits per heavy atom. The molecule has 0 radical (unpaired) electrons. The fourth-order valence-electron chi connectivity index (χ4n) is 1.21. The Bertz CT molecular complexity index is 284. The fraction of sp³-hybridized carbons (Fsp3) is 0.600. The van der Waals surface area contributed by atoms with Gasteiger partial charge in [0, 0.05) is 0 Å². The summed E-state index contributed by atoms with van der Waals surface area (Å²) in [7, 11) is 1.63. The average molecular weight is 180 g/mol. The van der Waals surface area contributed by atoms with Gasteiger partial charge < -0.3 is 4.74 Å². The van der Waals surface area contributed by atoms with Gasteiger partial charge in [0.1, 0.15) is 5.69 Å². The Balaban J connectivity index is 2.94. The minimum absolute atomic E-state index is 0.574. The highest BCUT2D eigenvalue weighted by atomic mass is 16.5. The maximum Gasteiger partial charge on any atom is 0.235 e. The molecule has 1 aromatic rings. The van der Waals surface area contributed by atoms with Gasteiger partial charge in [0.25, 0.3) is 0 Å². The molecule has 0 fully saturated rings. The van der Waals surface area contributed by atoms with Gasteiger partial charge in [-0.3, -0.25) is 4.98 Å². The van der Waals surface area contributed by atoms with Crippen molar-refractivity contribution in [1.82, 2.24) is 9.97 Å². The van der Waals surface area contributed by atoms with Gasteiger partial charge in [-0.1, -0.05) is 13.8 Å². The van der Waals surface area contributed by atoms with Crippen LogP contribution in [0.15, 0.2) is 6.20 Å². The molecule has 0 atom stereocenters. The lowest BCUT2D eigenvalue weighted by atomic mass is 10.1. The van der Waals surface area contributed by atoms with Crippen LogP contribution in [0.1, 0.15) is 25.2 Å². The van der Waals surface area contributed by atoms with Crippen LogP contribution in [0.25, 0.3) is 0 Å². The fourth-order valence-corrected chi connectivity index (χ4v) is 1.21. The van der Waals surface area contributed by atoms with Crippen molar-refractivity contribution < 1.29 is 4.74 Å². The maximum absolute atomic E-state index is 5.13. The summed E-state index contributed by atoms with van der Waals surface area (Å²) >= 11 is 0. The van der Waals surface area contributed by atoms with Crippen LogP contribution in [-0.2, 0) is 6.42 Å². The van der Waals surface area contributed by atoms with Crippen LogP contribution in [-0.4, -0.2) is 17.1 Å². The number of hydrogen-bond acceptors (Lipinski definition) is 3. The number of aryl methyl sites for hydroxylation is 1. The van der Waals surface area contributed by atoms with Crippen molar-refractivity contribution >= 4 is 0 Å². The molecule has 0 spiro atoms. The van der Waals surface area contributed by atoms with Crippen molar-refractivity contribution in [1.29, 1.82) is 0 Å². The molecule has 13 heavy (non-hydrogen) atoms. The molecule has 1 heterocycles. The van der Waals surface area contributed by atoms with Crippen LogP contribution in [0, 0.1) is 12.8 Å². The highest BCUT2D eigenvalue weighted by Crippen LogP contribution is 2.16. The third kappa shape index (κ3) is 2.68. The van der Waals surface area contributed by atoms with Crippen molar-refractivity contribution in [3.8, 4) is 5.88 Å². The highest BCUT2D eigenvalue weighted by Gasteiger charge is 2.08. The molecule has 0 amide bonds. The third-order valence-corrected chi connectivity index (χ3v) is 1.72. The van der Waals surface area contributed by atoms with E-state index >= 15 is 0 Å². The lowest BCUT2D eigenvalue weighted by Crippen LogP contribution is -2.03. The molecule has 0 bridgehead atoms. The second-order valence-corrected chi connectivity index (χ2v) is 3.57. The van der Waals surface area contributed by atoms with Gasteiger partial charge in [-0.15, -0.1) is 0 Å². The lowest BCUT2D eigenvalue weighted by molar-refractivity contribution is 0.385. The summed E-state index contributed by atoms with van der Waals surface area (Å²) in [6.45, 7) is 6.25. The molecule has 72 valence electrons. The molecular formula is C10H16N2O. The molecule has 0 aromatic carbocycles. The number of rotatable bonds is 3. The highest BCUT2D eigenvalue weighted by molar-refractivity contribution is 5.19. The van der Waals surface area contributed by atoms with Gasteiger partial charge >= 0.3 is 0 Å². The van der Waals surface area contributed by atoms with Crippen molar-refractivity contribution in [2.75, 3.05) is 7.11 Å².